The quantitative estimate of drug-likeness (QED) is 0.601. The first-order valence-electron chi connectivity index (χ1n) is 4.75. The largest absolute Gasteiger partial charge is 0.321 e. The second-order valence-electron chi connectivity index (χ2n) is 4.63. The van der Waals surface area contributed by atoms with Crippen LogP contribution in [0, 0.1) is 5.82 Å². The fraction of sp³-hybridized carbons (Fsp3) is 0.333. The Morgan fingerprint density at radius 1 is 1.29 bits per heavy atom. The zero-order valence-corrected chi connectivity index (χ0v) is 8.71. The van der Waals surface area contributed by atoms with Gasteiger partial charge in [0.1, 0.15) is 5.82 Å². The van der Waals surface area contributed by atoms with E-state index in [4.69, 9.17) is 0 Å². The Bertz CT molecular complexity index is 463. The molecule has 2 heteroatoms. The summed E-state index contributed by atoms with van der Waals surface area (Å²) < 4.78 is 15.2. The van der Waals surface area contributed by atoms with E-state index in [1.54, 1.807) is 6.07 Å². The third-order valence-electron chi connectivity index (χ3n) is 2.45. The molecule has 0 aliphatic rings. The van der Waals surface area contributed by atoms with Crippen LogP contribution >= 0.6 is 0 Å². The van der Waals surface area contributed by atoms with Gasteiger partial charge in [0.25, 0.3) is 0 Å². The summed E-state index contributed by atoms with van der Waals surface area (Å²) in [5.41, 5.74) is 1.87. The first kappa shape index (κ1) is 9.25. The number of halogens is 1. The molecule has 0 aliphatic heterocycles. The number of hydrogen-bond donors (Lipinski definition) is 0. The van der Waals surface area contributed by atoms with Crippen LogP contribution in [0.3, 0.4) is 0 Å². The van der Waals surface area contributed by atoms with E-state index >= 15 is 0 Å². The van der Waals surface area contributed by atoms with Crippen molar-refractivity contribution < 1.29 is 4.39 Å². The molecule has 2 rings (SSSR count). The van der Waals surface area contributed by atoms with Crippen LogP contribution in [0.5, 0.6) is 0 Å². The lowest BCUT2D eigenvalue weighted by Gasteiger charge is -2.15. The van der Waals surface area contributed by atoms with Crippen molar-refractivity contribution in [2.75, 3.05) is 0 Å². The van der Waals surface area contributed by atoms with Gasteiger partial charge in [-0.2, -0.15) is 0 Å². The molecule has 0 bridgehead atoms. The summed E-state index contributed by atoms with van der Waals surface area (Å²) in [6.45, 7) is 6.37. The van der Waals surface area contributed by atoms with Gasteiger partial charge >= 0.3 is 0 Å². The van der Waals surface area contributed by atoms with Crippen LogP contribution < -0.4 is 0 Å². The summed E-state index contributed by atoms with van der Waals surface area (Å²) in [4.78, 5) is 0. The smallest absolute Gasteiger partial charge is 0.147 e. The molecule has 0 aromatic carbocycles. The first-order valence-corrected chi connectivity index (χ1v) is 4.75. The predicted molar refractivity (Wildman–Crippen MR) is 56.1 cm³/mol. The van der Waals surface area contributed by atoms with Gasteiger partial charge in [-0.25, -0.2) is 4.39 Å². The summed E-state index contributed by atoms with van der Waals surface area (Å²) in [5, 5.41) is 0. The van der Waals surface area contributed by atoms with Gasteiger partial charge in [0, 0.05) is 12.4 Å². The molecule has 2 heterocycles. The first-order chi connectivity index (χ1) is 6.48. The van der Waals surface area contributed by atoms with E-state index in [0.717, 1.165) is 5.56 Å². The van der Waals surface area contributed by atoms with Crippen LogP contribution in [0.2, 0.25) is 0 Å². The van der Waals surface area contributed by atoms with Crippen molar-refractivity contribution in [1.82, 2.24) is 4.40 Å². The number of aromatic nitrogens is 1. The molecule has 0 saturated carbocycles. The Hall–Kier alpha value is -1.31. The van der Waals surface area contributed by atoms with E-state index in [-0.39, 0.29) is 11.2 Å². The Balaban J connectivity index is 2.69. The van der Waals surface area contributed by atoms with Gasteiger partial charge in [-0.05, 0) is 29.2 Å². The minimum Gasteiger partial charge on any atom is -0.321 e. The van der Waals surface area contributed by atoms with Crippen LogP contribution in [0.4, 0.5) is 4.39 Å². The Labute approximate surface area is 83.2 Å². The highest BCUT2D eigenvalue weighted by Crippen LogP contribution is 2.25. The number of fused-ring (bicyclic) bond motifs is 1. The standard InChI is InChI=1S/C12H14FN/c1-12(2,3)9-7-11-10(13)5-4-6-14(11)8-9/h4-8H,1-3H3. The second kappa shape index (κ2) is 2.84. The highest BCUT2D eigenvalue weighted by atomic mass is 19.1. The lowest BCUT2D eigenvalue weighted by Crippen LogP contribution is -2.09. The molecule has 0 unspecified atom stereocenters. The highest BCUT2D eigenvalue weighted by molar-refractivity contribution is 5.52. The molecule has 74 valence electrons. The monoisotopic (exact) mass is 191 g/mol. The van der Waals surface area contributed by atoms with Gasteiger partial charge in [-0.1, -0.05) is 20.8 Å². The molecule has 0 N–H and O–H groups in total. The molecule has 2 aromatic rings. The van der Waals surface area contributed by atoms with E-state index in [2.05, 4.69) is 20.8 Å². The van der Waals surface area contributed by atoms with E-state index < -0.39 is 0 Å². The van der Waals surface area contributed by atoms with Crippen molar-refractivity contribution in [2.45, 2.75) is 26.2 Å². The number of hydrogen-bond acceptors (Lipinski definition) is 0. The maximum Gasteiger partial charge on any atom is 0.147 e. The van der Waals surface area contributed by atoms with E-state index in [9.17, 15) is 4.39 Å². The molecule has 14 heavy (non-hydrogen) atoms. The summed E-state index contributed by atoms with van der Waals surface area (Å²) in [6, 6.07) is 5.12. The summed E-state index contributed by atoms with van der Waals surface area (Å²) >= 11 is 0. The molecular formula is C12H14FN. The van der Waals surface area contributed by atoms with Crippen molar-refractivity contribution >= 4 is 5.52 Å². The van der Waals surface area contributed by atoms with Crippen molar-refractivity contribution in [1.29, 1.82) is 0 Å². The lowest BCUT2D eigenvalue weighted by atomic mass is 9.89. The van der Waals surface area contributed by atoms with Crippen molar-refractivity contribution in [2.24, 2.45) is 0 Å². The molecule has 0 radical (unpaired) electrons. The molecule has 0 atom stereocenters. The predicted octanol–water partition coefficient (Wildman–Crippen LogP) is 3.38. The lowest BCUT2D eigenvalue weighted by molar-refractivity contribution is 0.590. The average molecular weight is 191 g/mol. The van der Waals surface area contributed by atoms with Gasteiger partial charge in [-0.15, -0.1) is 0 Å². The summed E-state index contributed by atoms with van der Waals surface area (Å²) in [6.07, 6.45) is 3.85. The molecule has 1 nitrogen and oxygen atoms in total. The third kappa shape index (κ3) is 1.41. The molecule has 0 aliphatic carbocycles. The van der Waals surface area contributed by atoms with Crippen LogP contribution in [-0.2, 0) is 5.41 Å². The van der Waals surface area contributed by atoms with Gasteiger partial charge in [0.15, 0.2) is 0 Å². The van der Waals surface area contributed by atoms with Gasteiger partial charge in [0.05, 0.1) is 5.52 Å². The highest BCUT2D eigenvalue weighted by Gasteiger charge is 2.16. The average Bonchev–Trinajstić information content (AvgIpc) is 2.48. The molecule has 2 aromatic heterocycles. The molecule has 0 saturated heterocycles. The van der Waals surface area contributed by atoms with E-state index in [1.807, 2.05) is 22.9 Å². The maximum atomic E-state index is 13.4. The number of nitrogens with zero attached hydrogens (tertiary/aromatic N) is 1. The number of pyridine rings is 1. The molecule has 0 amide bonds. The van der Waals surface area contributed by atoms with Crippen molar-refractivity contribution in [3.63, 3.8) is 0 Å². The fourth-order valence-electron chi connectivity index (χ4n) is 1.51. The third-order valence-corrected chi connectivity index (χ3v) is 2.45. The van der Waals surface area contributed by atoms with Crippen LogP contribution in [0.1, 0.15) is 26.3 Å². The molecule has 0 fully saturated rings. The second-order valence-corrected chi connectivity index (χ2v) is 4.63. The van der Waals surface area contributed by atoms with Gasteiger partial charge < -0.3 is 4.40 Å². The Morgan fingerprint density at radius 2 is 2.00 bits per heavy atom. The minimum absolute atomic E-state index is 0.0679. The Kier molecular flexibility index (Phi) is 1.88. The molecular weight excluding hydrogens is 177 g/mol. The van der Waals surface area contributed by atoms with Gasteiger partial charge in [-0.3, -0.25) is 0 Å². The zero-order valence-electron chi connectivity index (χ0n) is 8.71. The zero-order chi connectivity index (χ0) is 10.3. The van der Waals surface area contributed by atoms with Crippen molar-refractivity contribution in [3.8, 4) is 0 Å². The maximum absolute atomic E-state index is 13.4. The van der Waals surface area contributed by atoms with Crippen molar-refractivity contribution in [3.05, 3.63) is 42.0 Å². The van der Waals surface area contributed by atoms with E-state index in [0.29, 0.717) is 5.52 Å². The van der Waals surface area contributed by atoms with Gasteiger partial charge in [0.2, 0.25) is 0 Å². The topological polar surface area (TPSA) is 4.41 Å². The van der Waals surface area contributed by atoms with Crippen LogP contribution in [-0.4, -0.2) is 4.40 Å². The van der Waals surface area contributed by atoms with Crippen LogP contribution in [0.15, 0.2) is 30.6 Å². The number of rotatable bonds is 0. The minimum atomic E-state index is -0.164. The summed E-state index contributed by atoms with van der Waals surface area (Å²) in [7, 11) is 0. The fourth-order valence-corrected chi connectivity index (χ4v) is 1.51. The van der Waals surface area contributed by atoms with E-state index in [1.165, 1.54) is 6.07 Å². The normalized spacial score (nSPS) is 12.3. The van der Waals surface area contributed by atoms with Crippen LogP contribution in [0.25, 0.3) is 5.52 Å². The summed E-state index contributed by atoms with van der Waals surface area (Å²) in [5.74, 6) is -0.164. The SMILES string of the molecule is CC(C)(C)c1cc2c(F)cccn2c1. The molecule has 0 spiro atoms. The Morgan fingerprint density at radius 3 is 2.57 bits per heavy atom.